The summed E-state index contributed by atoms with van der Waals surface area (Å²) < 4.78 is 28.6. The molecule has 3 rings (SSSR count). The first-order valence-corrected chi connectivity index (χ1v) is 13.5. The van der Waals surface area contributed by atoms with Crippen molar-refractivity contribution in [2.45, 2.75) is 44.7 Å². The predicted molar refractivity (Wildman–Crippen MR) is 142 cm³/mol. The van der Waals surface area contributed by atoms with Gasteiger partial charge in [-0.25, -0.2) is 8.42 Å². The highest BCUT2D eigenvalue weighted by Gasteiger charge is 2.33. The van der Waals surface area contributed by atoms with E-state index in [9.17, 15) is 18.0 Å². The maximum Gasteiger partial charge on any atom is 0.264 e. The van der Waals surface area contributed by atoms with Crippen LogP contribution in [0.5, 0.6) is 0 Å². The molecule has 0 bridgehead atoms. The first kappa shape index (κ1) is 26.9. The number of carbonyl (C=O) groups is 2. The SMILES string of the molecule is CCNC(=O)C(CC)N(Cc1ccccc1)C(=O)CN(c1ccccc1C)S(=O)(=O)c1ccccc1. The van der Waals surface area contributed by atoms with E-state index in [1.165, 1.54) is 17.0 Å². The largest absolute Gasteiger partial charge is 0.355 e. The van der Waals surface area contributed by atoms with Gasteiger partial charge in [0.15, 0.2) is 0 Å². The van der Waals surface area contributed by atoms with Gasteiger partial charge in [0.1, 0.15) is 12.6 Å². The molecule has 190 valence electrons. The first-order valence-electron chi connectivity index (χ1n) is 12.0. The van der Waals surface area contributed by atoms with Crippen LogP contribution < -0.4 is 9.62 Å². The Labute approximate surface area is 213 Å². The molecule has 7 nitrogen and oxygen atoms in total. The van der Waals surface area contributed by atoms with Crippen LogP contribution in [0.2, 0.25) is 0 Å². The molecule has 36 heavy (non-hydrogen) atoms. The molecular weight excluding hydrogens is 474 g/mol. The Bertz CT molecular complexity index is 1260. The molecule has 0 aromatic heterocycles. The van der Waals surface area contributed by atoms with Crippen molar-refractivity contribution in [1.29, 1.82) is 0 Å². The van der Waals surface area contributed by atoms with Crippen molar-refractivity contribution in [3.8, 4) is 0 Å². The van der Waals surface area contributed by atoms with Crippen LogP contribution in [0.4, 0.5) is 5.69 Å². The third-order valence-electron chi connectivity index (χ3n) is 5.93. The van der Waals surface area contributed by atoms with Gasteiger partial charge in [0, 0.05) is 13.1 Å². The van der Waals surface area contributed by atoms with Crippen LogP contribution >= 0.6 is 0 Å². The maximum absolute atomic E-state index is 13.9. The highest BCUT2D eigenvalue weighted by atomic mass is 32.2. The fourth-order valence-corrected chi connectivity index (χ4v) is 5.57. The van der Waals surface area contributed by atoms with Crippen LogP contribution in [0, 0.1) is 6.92 Å². The molecule has 1 unspecified atom stereocenters. The summed E-state index contributed by atoms with van der Waals surface area (Å²) in [6.07, 6.45) is 0.389. The van der Waals surface area contributed by atoms with Gasteiger partial charge >= 0.3 is 0 Å². The predicted octanol–water partition coefficient (Wildman–Crippen LogP) is 4.13. The minimum atomic E-state index is -4.06. The number of rotatable bonds is 11. The van der Waals surface area contributed by atoms with Gasteiger partial charge < -0.3 is 10.2 Å². The Hall–Kier alpha value is -3.65. The summed E-state index contributed by atoms with van der Waals surface area (Å²) in [6, 6.07) is 23.7. The van der Waals surface area contributed by atoms with Gasteiger partial charge in [-0.05, 0) is 49.6 Å². The molecule has 8 heteroatoms. The minimum Gasteiger partial charge on any atom is -0.355 e. The Morgan fingerprint density at radius 1 is 0.861 bits per heavy atom. The Kier molecular flexibility index (Phi) is 9.25. The topological polar surface area (TPSA) is 86.8 Å². The summed E-state index contributed by atoms with van der Waals surface area (Å²) in [5.74, 6) is -0.725. The Morgan fingerprint density at radius 3 is 2.03 bits per heavy atom. The van der Waals surface area contributed by atoms with Crippen molar-refractivity contribution < 1.29 is 18.0 Å². The number of amides is 2. The number of nitrogens with one attached hydrogen (secondary N) is 1. The molecule has 0 radical (unpaired) electrons. The van der Waals surface area contributed by atoms with Crippen LogP contribution in [-0.2, 0) is 26.2 Å². The van der Waals surface area contributed by atoms with E-state index in [0.29, 0.717) is 18.7 Å². The summed E-state index contributed by atoms with van der Waals surface area (Å²) in [6.45, 7) is 5.64. The van der Waals surface area contributed by atoms with E-state index in [-0.39, 0.29) is 17.3 Å². The zero-order chi connectivity index (χ0) is 26.1. The van der Waals surface area contributed by atoms with Gasteiger partial charge in [0.05, 0.1) is 10.6 Å². The number of likely N-dealkylation sites (N-methyl/N-ethyl adjacent to an activating group) is 1. The summed E-state index contributed by atoms with van der Waals surface area (Å²) in [7, 11) is -4.06. The lowest BCUT2D eigenvalue weighted by molar-refractivity contribution is -0.140. The zero-order valence-electron chi connectivity index (χ0n) is 20.9. The van der Waals surface area contributed by atoms with E-state index in [4.69, 9.17) is 0 Å². The molecule has 2 amide bonds. The smallest absolute Gasteiger partial charge is 0.264 e. The summed E-state index contributed by atoms with van der Waals surface area (Å²) in [4.78, 5) is 28.3. The average molecular weight is 508 g/mol. The van der Waals surface area contributed by atoms with Crippen molar-refractivity contribution in [3.63, 3.8) is 0 Å². The molecule has 0 fully saturated rings. The molecule has 0 aliphatic rings. The van der Waals surface area contributed by atoms with Crippen molar-refractivity contribution in [3.05, 3.63) is 96.1 Å². The monoisotopic (exact) mass is 507 g/mol. The van der Waals surface area contributed by atoms with Crippen molar-refractivity contribution >= 4 is 27.5 Å². The molecule has 0 saturated heterocycles. The van der Waals surface area contributed by atoms with Gasteiger partial charge in [0.2, 0.25) is 11.8 Å². The van der Waals surface area contributed by atoms with E-state index in [1.807, 2.05) is 50.2 Å². The number of para-hydroxylation sites is 1. The number of hydrogen-bond donors (Lipinski definition) is 1. The zero-order valence-corrected chi connectivity index (χ0v) is 21.7. The third-order valence-corrected chi connectivity index (χ3v) is 7.70. The number of nitrogens with zero attached hydrogens (tertiary/aromatic N) is 2. The number of sulfonamides is 1. The average Bonchev–Trinajstić information content (AvgIpc) is 2.89. The summed E-state index contributed by atoms with van der Waals surface area (Å²) in [5, 5.41) is 2.80. The third kappa shape index (κ3) is 6.31. The minimum absolute atomic E-state index is 0.0893. The molecule has 1 N–H and O–H groups in total. The van der Waals surface area contributed by atoms with E-state index in [1.54, 1.807) is 43.3 Å². The second kappa shape index (κ2) is 12.4. The fourth-order valence-electron chi connectivity index (χ4n) is 4.07. The lowest BCUT2D eigenvalue weighted by Crippen LogP contribution is -2.52. The molecule has 0 saturated carbocycles. The summed E-state index contributed by atoms with van der Waals surface area (Å²) >= 11 is 0. The molecule has 0 aliphatic carbocycles. The van der Waals surface area contributed by atoms with E-state index in [0.717, 1.165) is 15.4 Å². The van der Waals surface area contributed by atoms with E-state index in [2.05, 4.69) is 5.32 Å². The van der Waals surface area contributed by atoms with Crippen LogP contribution in [-0.4, -0.2) is 44.3 Å². The highest BCUT2D eigenvalue weighted by molar-refractivity contribution is 7.92. The second-order valence-corrected chi connectivity index (χ2v) is 10.3. The van der Waals surface area contributed by atoms with Crippen molar-refractivity contribution in [2.75, 3.05) is 17.4 Å². The van der Waals surface area contributed by atoms with Crippen LogP contribution in [0.25, 0.3) is 0 Å². The number of hydrogen-bond acceptors (Lipinski definition) is 4. The maximum atomic E-state index is 13.9. The van der Waals surface area contributed by atoms with Gasteiger partial charge in [-0.1, -0.05) is 73.7 Å². The lowest BCUT2D eigenvalue weighted by Gasteiger charge is -2.33. The van der Waals surface area contributed by atoms with Gasteiger partial charge in [-0.2, -0.15) is 0 Å². The molecular formula is C28H33N3O4S. The standard InChI is InChI=1S/C28H33N3O4S/c1-4-25(28(33)29-5-2)30(20-23-15-8-6-9-16-23)27(32)21-31(26-19-13-12-14-22(26)3)36(34,35)24-17-10-7-11-18-24/h6-19,25H,4-5,20-21H2,1-3H3,(H,29,33). The second-order valence-electron chi connectivity index (χ2n) is 8.44. The Morgan fingerprint density at radius 2 is 1.44 bits per heavy atom. The number of benzene rings is 3. The number of anilines is 1. The van der Waals surface area contributed by atoms with Crippen molar-refractivity contribution in [1.82, 2.24) is 10.2 Å². The van der Waals surface area contributed by atoms with E-state index < -0.39 is 28.5 Å². The molecule has 1 atom stereocenters. The number of carbonyl (C=O) groups excluding carboxylic acids is 2. The quantitative estimate of drug-likeness (QED) is 0.423. The van der Waals surface area contributed by atoms with Crippen LogP contribution in [0.15, 0.2) is 89.8 Å². The first-order chi connectivity index (χ1) is 17.3. The molecule has 0 heterocycles. The summed E-state index contributed by atoms with van der Waals surface area (Å²) in [5.41, 5.74) is 1.98. The van der Waals surface area contributed by atoms with Gasteiger partial charge in [0.25, 0.3) is 10.0 Å². The van der Waals surface area contributed by atoms with E-state index >= 15 is 0 Å². The van der Waals surface area contributed by atoms with Crippen LogP contribution in [0.3, 0.4) is 0 Å². The molecule has 0 spiro atoms. The van der Waals surface area contributed by atoms with Gasteiger partial charge in [-0.3, -0.25) is 13.9 Å². The normalized spacial score (nSPS) is 12.0. The molecule has 3 aromatic rings. The van der Waals surface area contributed by atoms with Crippen LogP contribution in [0.1, 0.15) is 31.4 Å². The Balaban J connectivity index is 2.05. The fraction of sp³-hybridized carbons (Fsp3) is 0.286. The van der Waals surface area contributed by atoms with Crippen molar-refractivity contribution in [2.24, 2.45) is 0 Å². The highest BCUT2D eigenvalue weighted by Crippen LogP contribution is 2.27. The molecule has 0 aliphatic heterocycles. The number of aryl methyl sites for hydroxylation is 1. The van der Waals surface area contributed by atoms with Gasteiger partial charge in [-0.15, -0.1) is 0 Å². The lowest BCUT2D eigenvalue weighted by atomic mass is 10.1. The molecule has 3 aromatic carbocycles.